The number of ether oxygens (including phenoxy) is 3. The highest BCUT2D eigenvalue weighted by molar-refractivity contribution is 7.89. The predicted molar refractivity (Wildman–Crippen MR) is 164 cm³/mol. The van der Waals surface area contributed by atoms with E-state index in [1.165, 1.54) is 23.5 Å². The van der Waals surface area contributed by atoms with Crippen molar-refractivity contribution in [2.24, 2.45) is 16.4 Å². The Bertz CT molecular complexity index is 1420. The van der Waals surface area contributed by atoms with Gasteiger partial charge in [0.25, 0.3) is 0 Å². The summed E-state index contributed by atoms with van der Waals surface area (Å²) >= 11 is 0. The van der Waals surface area contributed by atoms with E-state index in [0.29, 0.717) is 31.6 Å². The Morgan fingerprint density at radius 1 is 1.20 bits per heavy atom. The number of sulfonamides is 1. The number of aliphatic hydroxyl groups excluding tert-OH is 1. The number of fused-ring (bicyclic) bond motifs is 1. The van der Waals surface area contributed by atoms with Gasteiger partial charge in [0, 0.05) is 30.5 Å². The van der Waals surface area contributed by atoms with Crippen LogP contribution in [0.5, 0.6) is 5.75 Å². The first-order valence-corrected chi connectivity index (χ1v) is 16.5. The number of carboxylic acid groups (broad SMARTS) is 1. The molecule has 4 rings (SSSR count). The molecule has 2 saturated heterocycles. The Morgan fingerprint density at radius 2 is 1.91 bits per heavy atom. The molecule has 0 aromatic heterocycles. The Labute approximate surface area is 264 Å². The molecule has 2 heterocycles. The minimum atomic E-state index is -4.17. The SMILES string of the molecule is COc1ccc(S(=O)(=O)N(C[C@@H](O)[C@H](Cc2ccccc2)N(C(=O)[O-])[C@H]2CO[C@H]3OCC[C@H]32)CC(C)(C)CCCN=[N+]=[N-])cc1. The molecule has 1 amide bonds. The lowest BCUT2D eigenvalue weighted by Crippen LogP contribution is -2.61. The standard InChI is InChI=1S/C31H43N5O8S/c1-31(2,15-7-16-33-34-32)21-35(45(40,41)24-12-10-23(42-3)11-13-24)19-28(37)26(18-22-8-5-4-6-9-22)36(30(38)39)27-20-44-29-25(27)14-17-43-29/h4-6,8-13,25-29,37H,7,14-21H2,1-3H3,(H,38,39)/p-1/t25-,26-,27-,28+,29+/m0/s1. The number of hydrogen-bond donors (Lipinski definition) is 1. The van der Waals surface area contributed by atoms with Gasteiger partial charge in [-0.05, 0) is 66.5 Å². The molecule has 0 radical (unpaired) electrons. The fourth-order valence-electron chi connectivity index (χ4n) is 6.23. The highest BCUT2D eigenvalue weighted by Crippen LogP contribution is 2.36. The first kappa shape index (κ1) is 34.5. The molecule has 5 atom stereocenters. The van der Waals surface area contributed by atoms with Crippen molar-refractivity contribution in [2.75, 3.05) is 40.0 Å². The maximum Gasteiger partial charge on any atom is 0.243 e. The van der Waals surface area contributed by atoms with Crippen molar-refractivity contribution in [1.82, 2.24) is 9.21 Å². The van der Waals surface area contributed by atoms with Crippen molar-refractivity contribution in [3.8, 4) is 5.75 Å². The molecule has 0 aliphatic carbocycles. The lowest BCUT2D eigenvalue weighted by molar-refractivity contribution is -0.273. The van der Waals surface area contributed by atoms with Crippen LogP contribution in [-0.4, -0.2) is 93.3 Å². The van der Waals surface area contributed by atoms with Crippen LogP contribution in [0.1, 0.15) is 38.7 Å². The van der Waals surface area contributed by atoms with Crippen LogP contribution in [0, 0.1) is 11.3 Å². The van der Waals surface area contributed by atoms with Crippen LogP contribution in [0.3, 0.4) is 0 Å². The predicted octanol–water partition coefficient (Wildman–Crippen LogP) is 3.18. The van der Waals surface area contributed by atoms with Gasteiger partial charge in [0.2, 0.25) is 10.0 Å². The second kappa shape index (κ2) is 15.3. The number of amides is 1. The van der Waals surface area contributed by atoms with Crippen LogP contribution in [0.4, 0.5) is 4.79 Å². The largest absolute Gasteiger partial charge is 0.530 e. The lowest BCUT2D eigenvalue weighted by Gasteiger charge is -2.43. The summed E-state index contributed by atoms with van der Waals surface area (Å²) in [6.45, 7) is 4.21. The zero-order valence-electron chi connectivity index (χ0n) is 25.9. The van der Waals surface area contributed by atoms with Gasteiger partial charge in [-0.3, -0.25) is 0 Å². The van der Waals surface area contributed by atoms with E-state index in [1.807, 2.05) is 44.2 Å². The monoisotopic (exact) mass is 644 g/mol. The Morgan fingerprint density at radius 3 is 2.56 bits per heavy atom. The van der Waals surface area contributed by atoms with Gasteiger partial charge in [0.15, 0.2) is 6.29 Å². The van der Waals surface area contributed by atoms with Gasteiger partial charge in [0.05, 0.1) is 43.4 Å². The summed E-state index contributed by atoms with van der Waals surface area (Å²) in [4.78, 5) is 16.7. The number of benzene rings is 2. The van der Waals surface area contributed by atoms with E-state index in [-0.39, 0.29) is 43.5 Å². The molecule has 2 aromatic carbocycles. The minimum absolute atomic E-state index is 0.00638. The fraction of sp³-hybridized carbons (Fsp3) is 0.581. The summed E-state index contributed by atoms with van der Waals surface area (Å²) in [5, 5.41) is 28.3. The molecule has 13 nitrogen and oxygen atoms in total. The Hall–Kier alpha value is -3.39. The maximum absolute atomic E-state index is 14.1. The van der Waals surface area contributed by atoms with Crippen LogP contribution in [-0.2, 0) is 25.9 Å². The molecule has 0 unspecified atom stereocenters. The second-order valence-corrected chi connectivity index (χ2v) is 14.2. The van der Waals surface area contributed by atoms with Crippen LogP contribution in [0.2, 0.25) is 0 Å². The summed E-state index contributed by atoms with van der Waals surface area (Å²) < 4.78 is 46.1. The van der Waals surface area contributed by atoms with Crippen molar-refractivity contribution in [2.45, 2.75) is 68.9 Å². The molecule has 2 aliphatic rings. The molecule has 0 spiro atoms. The summed E-state index contributed by atoms with van der Waals surface area (Å²) in [6.07, 6.45) is -1.65. The molecule has 45 heavy (non-hydrogen) atoms. The van der Waals surface area contributed by atoms with Crippen LogP contribution in [0.25, 0.3) is 10.4 Å². The Balaban J connectivity index is 1.69. The van der Waals surface area contributed by atoms with Gasteiger partial charge in [-0.15, -0.1) is 0 Å². The second-order valence-electron chi connectivity index (χ2n) is 12.3. The van der Waals surface area contributed by atoms with E-state index in [0.717, 1.165) is 10.5 Å². The van der Waals surface area contributed by atoms with Crippen LogP contribution in [0.15, 0.2) is 64.6 Å². The van der Waals surface area contributed by atoms with Gasteiger partial charge in [0.1, 0.15) is 11.8 Å². The number of hydrogen-bond acceptors (Lipinski definition) is 9. The van der Waals surface area contributed by atoms with E-state index in [4.69, 9.17) is 19.7 Å². The average molecular weight is 645 g/mol. The van der Waals surface area contributed by atoms with Gasteiger partial charge in [-0.25, -0.2) is 8.42 Å². The molecule has 2 aliphatic heterocycles. The molecular formula is C31H42N5O8S-. The van der Waals surface area contributed by atoms with Crippen molar-refractivity contribution in [3.63, 3.8) is 0 Å². The first-order chi connectivity index (χ1) is 21.5. The highest BCUT2D eigenvalue weighted by Gasteiger charge is 2.47. The van der Waals surface area contributed by atoms with Gasteiger partial charge in [-0.2, -0.15) is 4.31 Å². The number of aliphatic hydroxyl groups is 1. The fourth-order valence-corrected chi connectivity index (χ4v) is 7.87. The summed E-state index contributed by atoms with van der Waals surface area (Å²) in [6, 6.07) is 13.4. The number of methoxy groups -OCH3 is 1. The van der Waals surface area contributed by atoms with Crippen molar-refractivity contribution in [3.05, 3.63) is 70.6 Å². The van der Waals surface area contributed by atoms with E-state index in [9.17, 15) is 23.4 Å². The minimum Gasteiger partial charge on any atom is -0.530 e. The smallest absolute Gasteiger partial charge is 0.243 e. The highest BCUT2D eigenvalue weighted by atomic mass is 32.2. The van der Waals surface area contributed by atoms with Gasteiger partial charge >= 0.3 is 0 Å². The van der Waals surface area contributed by atoms with Crippen molar-refractivity contribution >= 4 is 16.1 Å². The number of azide groups is 1. The maximum atomic E-state index is 14.1. The summed E-state index contributed by atoms with van der Waals surface area (Å²) in [5.74, 6) is 0.252. The number of nitrogens with zero attached hydrogens (tertiary/aromatic N) is 5. The molecule has 2 fully saturated rings. The normalized spacial score (nSPS) is 21.1. The van der Waals surface area contributed by atoms with E-state index in [2.05, 4.69) is 10.0 Å². The average Bonchev–Trinajstić information content (AvgIpc) is 3.64. The zero-order chi connectivity index (χ0) is 32.6. The molecule has 0 saturated carbocycles. The first-order valence-electron chi connectivity index (χ1n) is 15.1. The quantitative estimate of drug-likeness (QED) is 0.125. The van der Waals surface area contributed by atoms with Crippen LogP contribution < -0.4 is 9.84 Å². The Kier molecular flexibility index (Phi) is 11.7. The molecule has 1 N–H and O–H groups in total. The van der Waals surface area contributed by atoms with Crippen molar-refractivity contribution in [1.29, 1.82) is 0 Å². The summed E-state index contributed by atoms with van der Waals surface area (Å²) in [5.41, 5.74) is 8.84. The topological polar surface area (TPSA) is 177 Å². The summed E-state index contributed by atoms with van der Waals surface area (Å²) in [7, 11) is -2.68. The third kappa shape index (κ3) is 8.66. The van der Waals surface area contributed by atoms with Crippen molar-refractivity contribution < 1.29 is 37.6 Å². The molecular weight excluding hydrogens is 602 g/mol. The third-order valence-electron chi connectivity index (χ3n) is 8.53. The molecule has 0 bridgehead atoms. The number of rotatable bonds is 16. The van der Waals surface area contributed by atoms with E-state index < -0.39 is 46.0 Å². The number of carbonyl (C=O) groups excluding carboxylic acids is 1. The van der Waals surface area contributed by atoms with E-state index in [1.54, 1.807) is 12.1 Å². The molecule has 246 valence electrons. The zero-order valence-corrected chi connectivity index (χ0v) is 26.7. The van der Waals surface area contributed by atoms with Gasteiger partial charge < -0.3 is 34.1 Å². The molecule has 14 heteroatoms. The molecule has 2 aromatic rings. The van der Waals surface area contributed by atoms with Gasteiger partial charge in [-0.1, -0.05) is 49.3 Å². The van der Waals surface area contributed by atoms with E-state index >= 15 is 0 Å². The number of carbonyl (C=O) groups is 1. The van der Waals surface area contributed by atoms with Crippen LogP contribution >= 0.6 is 0 Å². The lowest BCUT2D eigenvalue weighted by atomic mass is 9.87. The third-order valence-corrected chi connectivity index (χ3v) is 10.4.